The summed E-state index contributed by atoms with van der Waals surface area (Å²) in [6, 6.07) is 3.88. The molecule has 0 spiro atoms. The summed E-state index contributed by atoms with van der Waals surface area (Å²) in [7, 11) is 0. The van der Waals surface area contributed by atoms with Gasteiger partial charge in [-0.1, -0.05) is 6.07 Å². The number of aliphatic hydroxyl groups is 1. The van der Waals surface area contributed by atoms with Gasteiger partial charge < -0.3 is 5.11 Å². The van der Waals surface area contributed by atoms with Gasteiger partial charge in [0.05, 0.1) is 6.10 Å². The summed E-state index contributed by atoms with van der Waals surface area (Å²) >= 11 is 0. The van der Waals surface area contributed by atoms with Crippen molar-refractivity contribution in [2.75, 3.05) is 0 Å². The van der Waals surface area contributed by atoms with E-state index in [4.69, 9.17) is 0 Å². The summed E-state index contributed by atoms with van der Waals surface area (Å²) in [4.78, 5) is 11.1. The number of carbonyl (C=O) groups excluding carboxylic acids is 1. The molecule has 1 N–H and O–H groups in total. The Labute approximate surface area is 68.6 Å². The van der Waals surface area contributed by atoms with Gasteiger partial charge in [0.25, 0.3) is 0 Å². The zero-order valence-corrected chi connectivity index (χ0v) is 6.25. The van der Waals surface area contributed by atoms with Crippen LogP contribution < -0.4 is 0 Å². The third-order valence-corrected chi connectivity index (χ3v) is 2.05. The SMILES string of the molecule is O=C1CC(O)c2ccc(F)cc21. The molecule has 0 heterocycles. The van der Waals surface area contributed by atoms with E-state index in [0.717, 1.165) is 0 Å². The molecule has 1 aliphatic carbocycles. The van der Waals surface area contributed by atoms with Crippen LogP contribution in [0.15, 0.2) is 18.2 Å². The van der Waals surface area contributed by atoms with Crippen molar-refractivity contribution in [2.24, 2.45) is 0 Å². The lowest BCUT2D eigenvalue weighted by molar-refractivity contribution is 0.0930. The first-order valence-corrected chi connectivity index (χ1v) is 3.69. The van der Waals surface area contributed by atoms with Gasteiger partial charge in [0.1, 0.15) is 5.82 Å². The average Bonchev–Trinajstić information content (AvgIpc) is 2.28. The highest BCUT2D eigenvalue weighted by Gasteiger charge is 2.27. The summed E-state index contributed by atoms with van der Waals surface area (Å²) in [6.07, 6.45) is -0.660. The Morgan fingerprint density at radius 3 is 3.00 bits per heavy atom. The van der Waals surface area contributed by atoms with Crippen LogP contribution in [0.4, 0.5) is 4.39 Å². The van der Waals surface area contributed by atoms with Crippen molar-refractivity contribution in [3.8, 4) is 0 Å². The smallest absolute Gasteiger partial charge is 0.166 e. The number of rotatable bonds is 0. The molecule has 1 aromatic rings. The maximum absolute atomic E-state index is 12.6. The van der Waals surface area contributed by atoms with Crippen LogP contribution in [0, 0.1) is 5.82 Å². The largest absolute Gasteiger partial charge is 0.388 e. The highest BCUT2D eigenvalue weighted by Crippen LogP contribution is 2.30. The monoisotopic (exact) mass is 166 g/mol. The molecular weight excluding hydrogens is 159 g/mol. The van der Waals surface area contributed by atoms with Gasteiger partial charge in [0.2, 0.25) is 0 Å². The van der Waals surface area contributed by atoms with E-state index in [9.17, 15) is 14.3 Å². The van der Waals surface area contributed by atoms with Crippen LogP contribution in [0.1, 0.15) is 28.4 Å². The van der Waals surface area contributed by atoms with Gasteiger partial charge in [0.15, 0.2) is 5.78 Å². The summed E-state index contributed by atoms with van der Waals surface area (Å²) in [5, 5.41) is 9.30. The van der Waals surface area contributed by atoms with E-state index in [1.807, 2.05) is 0 Å². The predicted molar refractivity (Wildman–Crippen MR) is 40.3 cm³/mol. The van der Waals surface area contributed by atoms with Crippen LogP contribution in [0.5, 0.6) is 0 Å². The Balaban J connectivity index is 2.60. The van der Waals surface area contributed by atoms with Crippen molar-refractivity contribution in [1.82, 2.24) is 0 Å². The average molecular weight is 166 g/mol. The lowest BCUT2D eigenvalue weighted by Gasteiger charge is -2.00. The second-order valence-electron chi connectivity index (χ2n) is 2.87. The van der Waals surface area contributed by atoms with E-state index in [1.165, 1.54) is 18.2 Å². The Hall–Kier alpha value is -1.22. The first-order chi connectivity index (χ1) is 5.68. The normalized spacial score (nSPS) is 21.2. The molecule has 0 radical (unpaired) electrons. The zero-order chi connectivity index (χ0) is 8.72. The minimum Gasteiger partial charge on any atom is -0.388 e. The van der Waals surface area contributed by atoms with Crippen molar-refractivity contribution < 1.29 is 14.3 Å². The molecule has 0 amide bonds. The fraction of sp³-hybridized carbons (Fsp3) is 0.222. The standard InChI is InChI=1S/C9H7FO2/c10-5-1-2-6-7(3-5)9(12)4-8(6)11/h1-3,8,11H,4H2. The number of hydrogen-bond donors (Lipinski definition) is 1. The molecule has 1 atom stereocenters. The fourth-order valence-electron chi connectivity index (χ4n) is 1.46. The van der Waals surface area contributed by atoms with Crippen LogP contribution in [0.3, 0.4) is 0 Å². The number of fused-ring (bicyclic) bond motifs is 1. The molecule has 0 saturated carbocycles. The van der Waals surface area contributed by atoms with Gasteiger partial charge in [-0.05, 0) is 17.7 Å². The van der Waals surface area contributed by atoms with Gasteiger partial charge in [0, 0.05) is 12.0 Å². The van der Waals surface area contributed by atoms with E-state index in [2.05, 4.69) is 0 Å². The van der Waals surface area contributed by atoms with Gasteiger partial charge in [-0.15, -0.1) is 0 Å². The zero-order valence-electron chi connectivity index (χ0n) is 6.25. The number of ketones is 1. The van der Waals surface area contributed by atoms with Crippen LogP contribution in [0.2, 0.25) is 0 Å². The maximum atomic E-state index is 12.6. The highest BCUT2D eigenvalue weighted by molar-refractivity contribution is 6.00. The number of aliphatic hydroxyl groups excluding tert-OH is 1. The summed E-state index contributed by atoms with van der Waals surface area (Å²) in [5.41, 5.74) is 0.865. The molecule has 1 aromatic carbocycles. The second-order valence-corrected chi connectivity index (χ2v) is 2.87. The van der Waals surface area contributed by atoms with Crippen molar-refractivity contribution in [1.29, 1.82) is 0 Å². The molecule has 2 rings (SSSR count). The molecule has 0 aliphatic heterocycles. The minimum absolute atomic E-state index is 0.0821. The predicted octanol–water partition coefficient (Wildman–Crippen LogP) is 1.45. The molecular formula is C9H7FO2. The summed E-state index contributed by atoms with van der Waals surface area (Å²) < 4.78 is 12.6. The lowest BCUT2D eigenvalue weighted by atomic mass is 10.1. The molecule has 0 aromatic heterocycles. The van der Waals surface area contributed by atoms with E-state index in [1.54, 1.807) is 0 Å². The number of halogens is 1. The number of benzene rings is 1. The van der Waals surface area contributed by atoms with Crippen LogP contribution in [0.25, 0.3) is 0 Å². The fourth-order valence-corrected chi connectivity index (χ4v) is 1.46. The third kappa shape index (κ3) is 0.940. The number of hydrogen-bond acceptors (Lipinski definition) is 2. The van der Waals surface area contributed by atoms with Crippen LogP contribution in [-0.2, 0) is 0 Å². The minimum atomic E-state index is -0.743. The molecule has 0 saturated heterocycles. The van der Waals surface area contributed by atoms with Crippen molar-refractivity contribution in [2.45, 2.75) is 12.5 Å². The maximum Gasteiger partial charge on any atom is 0.166 e. The lowest BCUT2D eigenvalue weighted by Crippen LogP contribution is -1.91. The Bertz CT molecular complexity index is 346. The molecule has 1 unspecified atom stereocenters. The molecule has 2 nitrogen and oxygen atoms in total. The van der Waals surface area contributed by atoms with Crippen LogP contribution in [-0.4, -0.2) is 10.9 Å². The number of Topliss-reactive ketones (excluding diaryl/α,β-unsaturated/α-hetero) is 1. The molecule has 0 fully saturated rings. The van der Waals surface area contributed by atoms with E-state index in [0.29, 0.717) is 11.1 Å². The molecule has 0 bridgehead atoms. The molecule has 62 valence electrons. The van der Waals surface area contributed by atoms with Crippen LogP contribution >= 0.6 is 0 Å². The summed E-state index contributed by atoms with van der Waals surface area (Å²) in [5.74, 6) is -0.617. The Morgan fingerprint density at radius 1 is 1.50 bits per heavy atom. The Kier molecular flexibility index (Phi) is 1.48. The van der Waals surface area contributed by atoms with Crippen molar-refractivity contribution >= 4 is 5.78 Å². The first kappa shape index (κ1) is 7.43. The first-order valence-electron chi connectivity index (χ1n) is 3.69. The number of carbonyl (C=O) groups is 1. The van der Waals surface area contributed by atoms with E-state index >= 15 is 0 Å². The van der Waals surface area contributed by atoms with Gasteiger partial charge in [-0.2, -0.15) is 0 Å². The van der Waals surface area contributed by atoms with Crippen molar-refractivity contribution in [3.63, 3.8) is 0 Å². The topological polar surface area (TPSA) is 37.3 Å². The van der Waals surface area contributed by atoms with E-state index < -0.39 is 11.9 Å². The summed E-state index contributed by atoms with van der Waals surface area (Å²) in [6.45, 7) is 0. The van der Waals surface area contributed by atoms with Gasteiger partial charge >= 0.3 is 0 Å². The van der Waals surface area contributed by atoms with Gasteiger partial charge in [-0.25, -0.2) is 4.39 Å². The van der Waals surface area contributed by atoms with E-state index in [-0.39, 0.29) is 12.2 Å². The quantitative estimate of drug-likeness (QED) is 0.633. The third-order valence-electron chi connectivity index (χ3n) is 2.05. The van der Waals surface area contributed by atoms with Gasteiger partial charge in [-0.3, -0.25) is 4.79 Å². The van der Waals surface area contributed by atoms with Crippen molar-refractivity contribution in [3.05, 3.63) is 35.1 Å². The second kappa shape index (κ2) is 2.38. The Morgan fingerprint density at radius 2 is 2.25 bits per heavy atom. The molecule has 1 aliphatic rings. The highest BCUT2D eigenvalue weighted by atomic mass is 19.1. The molecule has 12 heavy (non-hydrogen) atoms. The molecule has 3 heteroatoms.